The molecule has 0 bridgehead atoms. The van der Waals surface area contributed by atoms with Gasteiger partial charge in [0.15, 0.2) is 0 Å². The summed E-state index contributed by atoms with van der Waals surface area (Å²) in [7, 11) is 0. The molecule has 2 N–H and O–H groups in total. The monoisotopic (exact) mass is 341 g/mol. The third kappa shape index (κ3) is 3.68. The molecule has 1 unspecified atom stereocenters. The van der Waals surface area contributed by atoms with Gasteiger partial charge in [0.2, 0.25) is 0 Å². The molecule has 0 aliphatic heterocycles. The Hall–Kier alpha value is -0.650. The molecule has 0 spiro atoms. The number of nitrogens with two attached hydrogens (primary N) is 1. The van der Waals surface area contributed by atoms with E-state index < -0.39 is 0 Å². The molecule has 2 heterocycles. The topological polar surface area (TPSA) is 43.8 Å². The van der Waals surface area contributed by atoms with E-state index in [0.29, 0.717) is 6.04 Å². The van der Waals surface area contributed by atoms with Gasteiger partial charge in [-0.3, -0.25) is 4.68 Å². The molecule has 0 aromatic carbocycles. The van der Waals surface area contributed by atoms with Crippen molar-refractivity contribution in [2.75, 3.05) is 0 Å². The van der Waals surface area contributed by atoms with Crippen LogP contribution in [0.2, 0.25) is 0 Å². The van der Waals surface area contributed by atoms with Crippen LogP contribution in [0.15, 0.2) is 27.5 Å². The van der Waals surface area contributed by atoms with Gasteiger partial charge in [0.25, 0.3) is 0 Å². The smallest absolute Gasteiger partial charge is 0.0701 e. The molecule has 0 saturated heterocycles. The number of hydrogen-bond acceptors (Lipinski definition) is 3. The van der Waals surface area contributed by atoms with E-state index in [1.165, 1.54) is 5.56 Å². The molecule has 0 saturated carbocycles. The molecule has 2 aromatic rings. The maximum atomic E-state index is 6.23. The molecular formula is C14H20BrN3S. The lowest BCUT2D eigenvalue weighted by molar-refractivity contribution is 0.424. The Morgan fingerprint density at radius 2 is 2.16 bits per heavy atom. The van der Waals surface area contributed by atoms with Crippen molar-refractivity contribution in [3.05, 3.63) is 38.8 Å². The van der Waals surface area contributed by atoms with Gasteiger partial charge < -0.3 is 5.73 Å². The maximum absolute atomic E-state index is 6.23. The summed E-state index contributed by atoms with van der Waals surface area (Å²) in [5.41, 5.74) is 8.47. The predicted molar refractivity (Wildman–Crippen MR) is 84.5 cm³/mol. The number of aromatic nitrogens is 2. The highest BCUT2D eigenvalue weighted by molar-refractivity contribution is 9.11. The maximum Gasteiger partial charge on any atom is 0.0701 e. The quantitative estimate of drug-likeness (QED) is 0.850. The van der Waals surface area contributed by atoms with Crippen molar-refractivity contribution in [2.24, 2.45) is 5.73 Å². The van der Waals surface area contributed by atoms with Crippen molar-refractivity contribution in [3.8, 4) is 0 Å². The van der Waals surface area contributed by atoms with Crippen LogP contribution in [0.3, 0.4) is 0 Å². The lowest BCUT2D eigenvalue weighted by Crippen LogP contribution is -2.14. The Morgan fingerprint density at radius 3 is 2.74 bits per heavy atom. The van der Waals surface area contributed by atoms with Crippen molar-refractivity contribution in [1.82, 2.24) is 9.78 Å². The molecule has 3 nitrogen and oxygen atoms in total. The van der Waals surface area contributed by atoms with Gasteiger partial charge in [-0.15, -0.1) is 11.3 Å². The molecule has 0 aliphatic rings. The minimum Gasteiger partial charge on any atom is -0.324 e. The summed E-state index contributed by atoms with van der Waals surface area (Å²) in [4.78, 5) is 0. The van der Waals surface area contributed by atoms with Crippen LogP contribution in [-0.4, -0.2) is 9.78 Å². The Labute approximate surface area is 126 Å². The molecule has 104 valence electrons. The molecule has 2 rings (SSSR count). The molecule has 0 aliphatic carbocycles. The van der Waals surface area contributed by atoms with E-state index in [-0.39, 0.29) is 6.04 Å². The fourth-order valence-corrected chi connectivity index (χ4v) is 3.45. The van der Waals surface area contributed by atoms with Crippen LogP contribution >= 0.6 is 27.3 Å². The number of nitrogens with zero attached hydrogens (tertiary/aromatic N) is 2. The molecule has 2 aromatic heterocycles. The van der Waals surface area contributed by atoms with Crippen molar-refractivity contribution in [3.63, 3.8) is 0 Å². The summed E-state index contributed by atoms with van der Waals surface area (Å²) >= 11 is 5.14. The fraction of sp³-hybridized carbons (Fsp3) is 0.500. The van der Waals surface area contributed by atoms with Crippen molar-refractivity contribution < 1.29 is 0 Å². The Balaban J connectivity index is 2.03. The first kappa shape index (κ1) is 14.8. The van der Waals surface area contributed by atoms with E-state index in [0.717, 1.165) is 28.7 Å². The third-order valence-electron chi connectivity index (χ3n) is 3.43. The first-order valence-electron chi connectivity index (χ1n) is 6.67. The van der Waals surface area contributed by atoms with E-state index in [1.807, 2.05) is 0 Å². The highest BCUT2D eigenvalue weighted by Crippen LogP contribution is 2.26. The summed E-state index contributed by atoms with van der Waals surface area (Å²) in [6.45, 7) is 4.40. The number of hydrogen-bond donors (Lipinski definition) is 1. The average Bonchev–Trinajstić information content (AvgIpc) is 3.00. The van der Waals surface area contributed by atoms with Gasteiger partial charge in [-0.05, 0) is 51.8 Å². The Bertz CT molecular complexity index is 516. The predicted octanol–water partition coefficient (Wildman–Crippen LogP) is 4.31. The molecule has 0 fully saturated rings. The zero-order chi connectivity index (χ0) is 13.8. The van der Waals surface area contributed by atoms with E-state index >= 15 is 0 Å². The second-order valence-corrected chi connectivity index (χ2v) is 7.04. The van der Waals surface area contributed by atoms with Gasteiger partial charge in [-0.1, -0.05) is 13.8 Å². The number of rotatable bonds is 6. The summed E-state index contributed by atoms with van der Waals surface area (Å²) in [5, 5.41) is 6.76. The second kappa shape index (κ2) is 6.68. The molecule has 5 heteroatoms. The third-order valence-corrected chi connectivity index (χ3v) is 4.95. The minimum absolute atomic E-state index is 0.0209. The molecule has 1 atom stereocenters. The van der Waals surface area contributed by atoms with Crippen LogP contribution in [-0.2, 0) is 6.42 Å². The van der Waals surface area contributed by atoms with Gasteiger partial charge in [0, 0.05) is 18.7 Å². The minimum atomic E-state index is 0.0209. The van der Waals surface area contributed by atoms with Gasteiger partial charge in [0.1, 0.15) is 0 Å². The highest BCUT2D eigenvalue weighted by atomic mass is 79.9. The van der Waals surface area contributed by atoms with E-state index in [2.05, 4.69) is 63.3 Å². The normalized spacial score (nSPS) is 13.1. The van der Waals surface area contributed by atoms with Crippen LogP contribution in [0.25, 0.3) is 0 Å². The first-order chi connectivity index (χ1) is 9.13. The standard InChI is InChI=1S/C14H20BrN3S/c1-3-12(4-2)18-6-5-11(17-18)8-13(16)10-7-14(15)19-9-10/h5-7,9,12-13H,3-4,8,16H2,1-2H3. The van der Waals surface area contributed by atoms with Crippen LogP contribution < -0.4 is 5.73 Å². The van der Waals surface area contributed by atoms with Gasteiger partial charge in [-0.2, -0.15) is 5.10 Å². The Kier molecular flexibility index (Phi) is 5.19. The Morgan fingerprint density at radius 1 is 1.42 bits per heavy atom. The summed E-state index contributed by atoms with van der Waals surface area (Å²) in [6.07, 6.45) is 5.09. The van der Waals surface area contributed by atoms with Crippen LogP contribution in [0.5, 0.6) is 0 Å². The van der Waals surface area contributed by atoms with E-state index in [9.17, 15) is 0 Å². The number of thiophene rings is 1. The lowest BCUT2D eigenvalue weighted by Gasteiger charge is -2.13. The molecular weight excluding hydrogens is 322 g/mol. The highest BCUT2D eigenvalue weighted by Gasteiger charge is 2.13. The van der Waals surface area contributed by atoms with Gasteiger partial charge in [-0.25, -0.2) is 0 Å². The summed E-state index contributed by atoms with van der Waals surface area (Å²) in [5.74, 6) is 0. The summed E-state index contributed by atoms with van der Waals surface area (Å²) in [6, 6.07) is 4.69. The largest absolute Gasteiger partial charge is 0.324 e. The molecule has 0 amide bonds. The molecule has 19 heavy (non-hydrogen) atoms. The first-order valence-corrected chi connectivity index (χ1v) is 8.34. The van der Waals surface area contributed by atoms with Gasteiger partial charge >= 0.3 is 0 Å². The van der Waals surface area contributed by atoms with Crippen molar-refractivity contribution in [2.45, 2.75) is 45.2 Å². The van der Waals surface area contributed by atoms with Gasteiger partial charge in [0.05, 0.1) is 15.5 Å². The zero-order valence-corrected chi connectivity index (χ0v) is 13.7. The summed E-state index contributed by atoms with van der Waals surface area (Å²) < 4.78 is 3.20. The molecule has 0 radical (unpaired) electrons. The van der Waals surface area contributed by atoms with E-state index in [1.54, 1.807) is 11.3 Å². The SMILES string of the molecule is CCC(CC)n1ccc(CC(N)c2csc(Br)c2)n1. The van der Waals surface area contributed by atoms with Crippen LogP contribution in [0.4, 0.5) is 0 Å². The fourth-order valence-electron chi connectivity index (χ4n) is 2.21. The number of halogens is 1. The lowest BCUT2D eigenvalue weighted by atomic mass is 10.1. The second-order valence-electron chi connectivity index (χ2n) is 4.75. The zero-order valence-electron chi connectivity index (χ0n) is 11.3. The van der Waals surface area contributed by atoms with E-state index in [4.69, 9.17) is 5.73 Å². The van der Waals surface area contributed by atoms with Crippen molar-refractivity contribution in [1.29, 1.82) is 0 Å². The van der Waals surface area contributed by atoms with Crippen LogP contribution in [0.1, 0.15) is 50.0 Å². The average molecular weight is 342 g/mol. The van der Waals surface area contributed by atoms with Crippen molar-refractivity contribution >= 4 is 27.3 Å². The van der Waals surface area contributed by atoms with Crippen LogP contribution in [0, 0.1) is 0 Å².